The highest BCUT2D eigenvalue weighted by Crippen LogP contribution is 2.06. The van der Waals surface area contributed by atoms with Gasteiger partial charge in [0.2, 0.25) is 0 Å². The molecule has 43 heavy (non-hydrogen) atoms. The van der Waals surface area contributed by atoms with Crippen LogP contribution >= 0.6 is 0 Å². The maximum Gasteiger partial charge on any atom is 0.256 e. The first-order valence-corrected chi connectivity index (χ1v) is 15.1. The van der Waals surface area contributed by atoms with E-state index < -0.39 is 0 Å². The predicted octanol–water partition coefficient (Wildman–Crippen LogP) is 8.08. The van der Waals surface area contributed by atoms with Crippen LogP contribution in [0.5, 0.6) is 0 Å². The normalized spacial score (nSPS) is 9.51. The Bertz CT molecular complexity index is 1010. The molecule has 0 saturated heterocycles. The van der Waals surface area contributed by atoms with Crippen molar-refractivity contribution in [3.8, 4) is 0 Å². The number of aromatic nitrogens is 2. The van der Waals surface area contributed by atoms with Crippen molar-refractivity contribution in [2.24, 2.45) is 5.92 Å². The molecule has 248 valence electrons. The molecule has 0 aliphatic carbocycles. The quantitative estimate of drug-likeness (QED) is 0.217. The van der Waals surface area contributed by atoms with Crippen LogP contribution in [0, 0.1) is 5.92 Å². The van der Waals surface area contributed by atoms with Gasteiger partial charge in [0.25, 0.3) is 5.91 Å². The zero-order chi connectivity index (χ0) is 34.2. The molecule has 2 aromatic heterocycles. The lowest BCUT2D eigenvalue weighted by atomic mass is 10.2. The number of hydrogen-bond donors (Lipinski definition) is 1. The lowest BCUT2D eigenvalue weighted by Gasteiger charge is -2.26. The third-order valence-electron chi connectivity index (χ3n) is 4.73. The van der Waals surface area contributed by atoms with Crippen molar-refractivity contribution in [3.05, 3.63) is 88.4 Å². The molecular formula is C34H60F2N4O3. The van der Waals surface area contributed by atoms with Gasteiger partial charge in [-0.3, -0.25) is 23.6 Å². The highest BCUT2D eigenvalue weighted by molar-refractivity contribution is 5.93. The van der Waals surface area contributed by atoms with Gasteiger partial charge in [-0.25, -0.2) is 4.39 Å². The van der Waals surface area contributed by atoms with Crippen LogP contribution in [0.1, 0.15) is 97.4 Å². The van der Waals surface area contributed by atoms with E-state index in [0.29, 0.717) is 31.8 Å². The van der Waals surface area contributed by atoms with Gasteiger partial charge < -0.3 is 15.1 Å². The number of halogens is 2. The molecule has 2 rings (SSSR count). The van der Waals surface area contributed by atoms with Crippen molar-refractivity contribution in [2.45, 2.75) is 88.6 Å². The average Bonchev–Trinajstić information content (AvgIpc) is 3.00. The molecule has 2 heterocycles. The van der Waals surface area contributed by atoms with Gasteiger partial charge in [0, 0.05) is 51.5 Å². The van der Waals surface area contributed by atoms with Crippen LogP contribution in [0.4, 0.5) is 8.78 Å². The summed E-state index contributed by atoms with van der Waals surface area (Å²) in [7, 11) is 3.62. The van der Waals surface area contributed by atoms with Crippen LogP contribution in [-0.2, 0) is 17.7 Å². The SMILES string of the molecule is C/C=C(\C)F.C=CCCNC(=O)c1cn(N(C)Cc2ccccn2)c(CC)cc1=O.CC.CC.CCF.COCC(C)C. The van der Waals surface area contributed by atoms with Crippen molar-refractivity contribution in [2.75, 3.05) is 39.0 Å². The van der Waals surface area contributed by atoms with Crippen LogP contribution in [0.25, 0.3) is 0 Å². The largest absolute Gasteiger partial charge is 0.384 e. The van der Waals surface area contributed by atoms with Gasteiger partial charge in [-0.2, -0.15) is 0 Å². The second-order valence-corrected chi connectivity index (χ2v) is 8.70. The zero-order valence-corrected chi connectivity index (χ0v) is 29.0. The predicted molar refractivity (Wildman–Crippen MR) is 181 cm³/mol. The van der Waals surface area contributed by atoms with Gasteiger partial charge in [-0.15, -0.1) is 6.58 Å². The van der Waals surface area contributed by atoms with Crippen molar-refractivity contribution >= 4 is 5.91 Å². The lowest BCUT2D eigenvalue weighted by molar-refractivity contribution is 0.0952. The van der Waals surface area contributed by atoms with Gasteiger partial charge in [-0.1, -0.05) is 66.7 Å². The lowest BCUT2D eigenvalue weighted by Crippen LogP contribution is -2.36. The Morgan fingerprint density at radius 3 is 2.14 bits per heavy atom. The van der Waals surface area contributed by atoms with E-state index in [0.717, 1.165) is 18.0 Å². The third kappa shape index (κ3) is 26.1. The molecule has 0 radical (unpaired) electrons. The van der Waals surface area contributed by atoms with Crippen LogP contribution in [0.3, 0.4) is 0 Å². The van der Waals surface area contributed by atoms with Crippen molar-refractivity contribution in [3.63, 3.8) is 0 Å². The number of allylic oxidation sites excluding steroid dienone is 2. The molecule has 0 spiro atoms. The number of nitrogens with one attached hydrogen (secondary N) is 1. The number of carbonyl (C=O) groups is 1. The fraction of sp³-hybridized carbons (Fsp3) is 0.559. The van der Waals surface area contributed by atoms with Gasteiger partial charge in [0.15, 0.2) is 5.43 Å². The Morgan fingerprint density at radius 1 is 1.21 bits per heavy atom. The number of ether oxygens (including phenoxy) is 1. The first kappa shape index (κ1) is 46.6. The molecule has 9 heteroatoms. The molecule has 0 fully saturated rings. The Hall–Kier alpha value is -3.33. The van der Waals surface area contributed by atoms with Crippen LogP contribution < -0.4 is 15.8 Å². The van der Waals surface area contributed by atoms with Crippen LogP contribution in [0.15, 0.2) is 66.0 Å². The molecule has 1 N–H and O–H groups in total. The molecule has 1 amide bonds. The van der Waals surface area contributed by atoms with E-state index in [1.54, 1.807) is 32.5 Å². The number of amides is 1. The molecule has 0 atom stereocenters. The number of alkyl halides is 1. The van der Waals surface area contributed by atoms with E-state index in [4.69, 9.17) is 4.74 Å². The Balaban J connectivity index is -0.000000348. The smallest absolute Gasteiger partial charge is 0.256 e. The minimum Gasteiger partial charge on any atom is -0.384 e. The Kier molecular flexibility index (Phi) is 36.0. The third-order valence-corrected chi connectivity index (χ3v) is 4.73. The number of nitrogens with zero attached hydrogens (tertiary/aromatic N) is 3. The molecule has 0 aliphatic heterocycles. The second-order valence-electron chi connectivity index (χ2n) is 8.70. The number of methoxy groups -OCH3 is 1. The summed E-state index contributed by atoms with van der Waals surface area (Å²) in [6.07, 6.45) is 7.83. The van der Waals surface area contributed by atoms with E-state index in [2.05, 4.69) is 30.7 Å². The summed E-state index contributed by atoms with van der Waals surface area (Å²) in [5.74, 6) is 0.189. The van der Waals surface area contributed by atoms with Gasteiger partial charge in [0.1, 0.15) is 5.56 Å². The van der Waals surface area contributed by atoms with Gasteiger partial charge >= 0.3 is 0 Å². The van der Waals surface area contributed by atoms with Crippen LogP contribution in [-0.4, -0.2) is 49.6 Å². The molecule has 7 nitrogen and oxygen atoms in total. The zero-order valence-electron chi connectivity index (χ0n) is 29.0. The summed E-state index contributed by atoms with van der Waals surface area (Å²) in [5.41, 5.74) is 1.61. The minimum absolute atomic E-state index is 0.120. The van der Waals surface area contributed by atoms with Gasteiger partial charge in [-0.05, 0) is 51.7 Å². The number of aryl methyl sites for hydroxylation is 1. The molecule has 0 aromatic carbocycles. The van der Waals surface area contributed by atoms with Crippen LogP contribution in [0.2, 0.25) is 0 Å². The number of hydrogen-bond acceptors (Lipinski definition) is 5. The van der Waals surface area contributed by atoms with E-state index >= 15 is 0 Å². The summed E-state index contributed by atoms with van der Waals surface area (Å²) in [6, 6.07) is 7.26. The number of carbonyl (C=O) groups excluding carboxylic acids is 1. The fourth-order valence-corrected chi connectivity index (χ4v) is 2.84. The topological polar surface area (TPSA) is 76.5 Å². The summed E-state index contributed by atoms with van der Waals surface area (Å²) in [5, 5.41) is 4.67. The minimum atomic E-state index is -0.366. The van der Waals surface area contributed by atoms with Crippen molar-refractivity contribution in [1.29, 1.82) is 0 Å². The standard InChI is InChI=1S/C19H24N4O2.C5H12O.C4H7F.C2H5F.2C2H6/c1-4-6-10-21-19(25)17-14-23(16(5-2)12-18(17)24)22(3)13-15-9-7-8-11-20-15;1-5(2)4-6-3;1-3-4(2)5;1-2-3;2*1-2/h4,7-9,11-12,14H,1,5-6,10,13H2,2-3H3,(H,21,25);5H,4H2,1-3H3;3H,1-2H3;2H2,1H3;2*1-2H3/b;;4-3+;;;. The molecule has 0 aliphatic rings. The van der Waals surface area contributed by atoms with Crippen molar-refractivity contribution < 1.29 is 18.3 Å². The van der Waals surface area contributed by atoms with Gasteiger partial charge in [0.05, 0.1) is 24.7 Å². The highest BCUT2D eigenvalue weighted by Gasteiger charge is 2.15. The summed E-state index contributed by atoms with van der Waals surface area (Å²) < 4.78 is 28.2. The number of pyridine rings is 2. The molecule has 0 saturated carbocycles. The van der Waals surface area contributed by atoms with Crippen molar-refractivity contribution in [1.82, 2.24) is 15.0 Å². The molecule has 0 unspecified atom stereocenters. The van der Waals surface area contributed by atoms with E-state index in [1.807, 2.05) is 69.6 Å². The Labute approximate surface area is 261 Å². The molecule has 2 aromatic rings. The molecule has 0 bridgehead atoms. The maximum absolute atomic E-state index is 12.3. The second kappa shape index (κ2) is 33.2. The maximum atomic E-state index is 12.3. The fourth-order valence-electron chi connectivity index (χ4n) is 2.84. The first-order valence-electron chi connectivity index (χ1n) is 15.1. The summed E-state index contributed by atoms with van der Waals surface area (Å²) in [4.78, 5) is 28.9. The monoisotopic (exact) mass is 610 g/mol. The summed E-state index contributed by atoms with van der Waals surface area (Å²) in [6.45, 7) is 24.0. The van der Waals surface area contributed by atoms with E-state index in [1.165, 1.54) is 26.0 Å². The van der Waals surface area contributed by atoms with E-state index in [9.17, 15) is 18.4 Å². The Morgan fingerprint density at radius 2 is 1.77 bits per heavy atom. The van der Waals surface area contributed by atoms with E-state index in [-0.39, 0.29) is 29.4 Å². The highest BCUT2D eigenvalue weighted by atomic mass is 19.1. The molecular weight excluding hydrogens is 550 g/mol. The average molecular weight is 611 g/mol. The first-order chi connectivity index (χ1) is 20.5. The summed E-state index contributed by atoms with van der Waals surface area (Å²) >= 11 is 0. The number of rotatable bonds is 10.